The van der Waals surface area contributed by atoms with E-state index in [2.05, 4.69) is 80.3 Å². The Bertz CT molecular complexity index is 586. The number of nitrogens with zero attached hydrogens (tertiary/aromatic N) is 1. The fraction of sp³-hybridized carbons (Fsp3) is 0.368. The third-order valence-electron chi connectivity index (χ3n) is 4.48. The van der Waals surface area contributed by atoms with E-state index in [9.17, 15) is 0 Å². The molecule has 0 N–H and O–H groups in total. The summed E-state index contributed by atoms with van der Waals surface area (Å²) >= 11 is 0. The fourth-order valence-electron chi connectivity index (χ4n) is 3.51. The molecule has 1 aliphatic heterocycles. The van der Waals surface area contributed by atoms with Crippen molar-refractivity contribution in [3.8, 4) is 0 Å². The molecule has 0 saturated heterocycles. The van der Waals surface area contributed by atoms with E-state index < -0.39 is 0 Å². The van der Waals surface area contributed by atoms with Crippen LogP contribution in [0.2, 0.25) is 0 Å². The van der Waals surface area contributed by atoms with Crippen molar-refractivity contribution in [1.82, 2.24) is 0 Å². The molecule has 1 nitrogen and oxygen atoms in total. The van der Waals surface area contributed by atoms with Gasteiger partial charge < -0.3 is 4.90 Å². The Hall–Kier alpha value is -1.76. The van der Waals surface area contributed by atoms with Gasteiger partial charge in [-0.15, -0.1) is 0 Å². The zero-order valence-electron chi connectivity index (χ0n) is 12.6. The quantitative estimate of drug-likeness (QED) is 0.740. The fourth-order valence-corrected chi connectivity index (χ4v) is 3.51. The first-order chi connectivity index (χ1) is 9.58. The maximum atomic E-state index is 2.57. The molecule has 0 aliphatic carbocycles. The third kappa shape index (κ3) is 2.33. The van der Waals surface area contributed by atoms with E-state index in [0.717, 1.165) is 6.54 Å². The normalized spacial score (nSPS) is 20.6. The molecule has 3 rings (SSSR count). The molecule has 1 unspecified atom stereocenters. The Kier molecular flexibility index (Phi) is 3.29. The molecule has 0 saturated carbocycles. The molecule has 104 valence electrons. The first kappa shape index (κ1) is 13.2. The third-order valence-corrected chi connectivity index (χ3v) is 4.48. The van der Waals surface area contributed by atoms with E-state index in [-0.39, 0.29) is 5.54 Å². The van der Waals surface area contributed by atoms with E-state index in [0.29, 0.717) is 5.92 Å². The molecule has 1 heterocycles. The number of rotatable bonds is 2. The molecule has 0 bridgehead atoms. The average molecular weight is 265 g/mol. The number of hydrogen-bond donors (Lipinski definition) is 0. The minimum atomic E-state index is 0.198. The second kappa shape index (κ2) is 4.97. The summed E-state index contributed by atoms with van der Waals surface area (Å²) in [4.78, 5) is 2.57. The molecule has 1 heteroatoms. The van der Waals surface area contributed by atoms with Gasteiger partial charge in [-0.25, -0.2) is 0 Å². The van der Waals surface area contributed by atoms with Gasteiger partial charge in [0, 0.05) is 17.8 Å². The van der Waals surface area contributed by atoms with Crippen LogP contribution in [0.1, 0.15) is 44.2 Å². The Balaban J connectivity index is 2.01. The lowest BCUT2D eigenvalue weighted by atomic mass is 9.80. The van der Waals surface area contributed by atoms with Crippen LogP contribution in [-0.2, 0) is 6.54 Å². The minimum Gasteiger partial charge on any atom is -0.362 e. The highest BCUT2D eigenvalue weighted by Crippen LogP contribution is 2.43. The van der Waals surface area contributed by atoms with Crippen molar-refractivity contribution in [2.24, 2.45) is 0 Å². The van der Waals surface area contributed by atoms with Crippen molar-refractivity contribution in [2.75, 3.05) is 4.90 Å². The van der Waals surface area contributed by atoms with Crippen LogP contribution in [0.25, 0.3) is 0 Å². The summed E-state index contributed by atoms with van der Waals surface area (Å²) < 4.78 is 0. The molecular formula is C19H23N. The lowest BCUT2D eigenvalue weighted by Crippen LogP contribution is -2.47. The zero-order chi connectivity index (χ0) is 14.2. The topological polar surface area (TPSA) is 3.24 Å². The predicted molar refractivity (Wildman–Crippen MR) is 86.2 cm³/mol. The summed E-state index contributed by atoms with van der Waals surface area (Å²) in [6.07, 6.45) is 1.21. The van der Waals surface area contributed by atoms with Crippen LogP contribution in [0.4, 0.5) is 5.69 Å². The Morgan fingerprint density at radius 1 is 1.00 bits per heavy atom. The Morgan fingerprint density at radius 3 is 2.40 bits per heavy atom. The molecule has 20 heavy (non-hydrogen) atoms. The van der Waals surface area contributed by atoms with Gasteiger partial charge in [0.15, 0.2) is 0 Å². The van der Waals surface area contributed by atoms with E-state index in [1.807, 2.05) is 0 Å². The van der Waals surface area contributed by atoms with Crippen molar-refractivity contribution in [2.45, 2.75) is 45.2 Å². The predicted octanol–water partition coefficient (Wildman–Crippen LogP) is 4.98. The van der Waals surface area contributed by atoms with Crippen LogP contribution in [0, 0.1) is 0 Å². The summed E-state index contributed by atoms with van der Waals surface area (Å²) in [5.74, 6) is 0.633. The Labute approximate surface area is 122 Å². The molecule has 2 aromatic carbocycles. The molecule has 1 atom stereocenters. The van der Waals surface area contributed by atoms with Gasteiger partial charge in [0.25, 0.3) is 0 Å². The van der Waals surface area contributed by atoms with Gasteiger partial charge in [0.05, 0.1) is 0 Å². The maximum absolute atomic E-state index is 2.57. The van der Waals surface area contributed by atoms with E-state index in [1.54, 1.807) is 0 Å². The highest BCUT2D eigenvalue weighted by molar-refractivity contribution is 5.59. The number of fused-ring (bicyclic) bond motifs is 1. The number of para-hydroxylation sites is 1. The lowest BCUT2D eigenvalue weighted by Gasteiger charge is -2.47. The van der Waals surface area contributed by atoms with Gasteiger partial charge >= 0.3 is 0 Å². The second-order valence-corrected chi connectivity index (χ2v) is 6.55. The van der Waals surface area contributed by atoms with Crippen molar-refractivity contribution >= 4 is 5.69 Å². The molecule has 2 aromatic rings. The van der Waals surface area contributed by atoms with Crippen LogP contribution in [0.5, 0.6) is 0 Å². The molecule has 1 aliphatic rings. The number of hydrogen-bond acceptors (Lipinski definition) is 1. The number of anilines is 1. The van der Waals surface area contributed by atoms with E-state index >= 15 is 0 Å². The molecule has 0 radical (unpaired) electrons. The van der Waals surface area contributed by atoms with E-state index in [4.69, 9.17) is 0 Å². The molecule has 0 fully saturated rings. The highest BCUT2D eigenvalue weighted by Gasteiger charge is 2.35. The van der Waals surface area contributed by atoms with Gasteiger partial charge in [0.2, 0.25) is 0 Å². The van der Waals surface area contributed by atoms with Gasteiger partial charge in [0.1, 0.15) is 0 Å². The molecule has 0 aromatic heterocycles. The van der Waals surface area contributed by atoms with Gasteiger partial charge in [-0.2, -0.15) is 0 Å². The van der Waals surface area contributed by atoms with Crippen molar-refractivity contribution in [3.63, 3.8) is 0 Å². The van der Waals surface area contributed by atoms with Crippen LogP contribution in [0.15, 0.2) is 54.6 Å². The number of benzene rings is 2. The van der Waals surface area contributed by atoms with Gasteiger partial charge in [-0.1, -0.05) is 55.5 Å². The lowest BCUT2D eigenvalue weighted by molar-refractivity contribution is 0.374. The van der Waals surface area contributed by atoms with Crippen molar-refractivity contribution in [1.29, 1.82) is 0 Å². The van der Waals surface area contributed by atoms with Crippen LogP contribution < -0.4 is 4.90 Å². The molecule has 0 amide bonds. The first-order valence-electron chi connectivity index (χ1n) is 7.48. The van der Waals surface area contributed by atoms with Crippen LogP contribution >= 0.6 is 0 Å². The van der Waals surface area contributed by atoms with Crippen LogP contribution in [0.3, 0.4) is 0 Å². The summed E-state index contributed by atoms with van der Waals surface area (Å²) in [6.45, 7) is 8.06. The molecule has 0 spiro atoms. The van der Waals surface area contributed by atoms with Gasteiger partial charge in [-0.3, -0.25) is 0 Å². The smallest absolute Gasteiger partial charge is 0.0435 e. The second-order valence-electron chi connectivity index (χ2n) is 6.55. The summed E-state index contributed by atoms with van der Waals surface area (Å²) in [5.41, 5.74) is 4.47. The minimum absolute atomic E-state index is 0.198. The highest BCUT2D eigenvalue weighted by atomic mass is 15.2. The summed E-state index contributed by atoms with van der Waals surface area (Å²) in [7, 11) is 0. The first-order valence-corrected chi connectivity index (χ1v) is 7.48. The van der Waals surface area contributed by atoms with Gasteiger partial charge in [-0.05, 0) is 43.4 Å². The van der Waals surface area contributed by atoms with Crippen LogP contribution in [-0.4, -0.2) is 5.54 Å². The van der Waals surface area contributed by atoms with E-state index in [1.165, 1.54) is 23.2 Å². The van der Waals surface area contributed by atoms with Crippen molar-refractivity contribution < 1.29 is 0 Å². The molecular weight excluding hydrogens is 242 g/mol. The average Bonchev–Trinajstić information content (AvgIpc) is 2.44. The SMILES string of the molecule is CC1CC(C)(C)N(Cc2ccccc2)c2ccccc21. The zero-order valence-corrected chi connectivity index (χ0v) is 12.6. The Morgan fingerprint density at radius 2 is 1.65 bits per heavy atom. The monoisotopic (exact) mass is 265 g/mol. The van der Waals surface area contributed by atoms with Crippen molar-refractivity contribution in [3.05, 3.63) is 65.7 Å². The maximum Gasteiger partial charge on any atom is 0.0435 e. The summed E-state index contributed by atoms with van der Waals surface area (Å²) in [5, 5.41) is 0. The largest absolute Gasteiger partial charge is 0.362 e. The summed E-state index contributed by atoms with van der Waals surface area (Å²) in [6, 6.07) is 19.7. The standard InChI is InChI=1S/C19H23N/c1-15-13-19(2,3)20(14-16-9-5-4-6-10-16)18-12-8-7-11-17(15)18/h4-12,15H,13-14H2,1-3H3.